The van der Waals surface area contributed by atoms with Gasteiger partial charge in [0.25, 0.3) is 0 Å². The Hall–Kier alpha value is -3.98. The monoisotopic (exact) mass is 702 g/mol. The van der Waals surface area contributed by atoms with Crippen LogP contribution in [-0.4, -0.2) is 143 Å². The lowest BCUT2D eigenvalue weighted by molar-refractivity contribution is -0.157. The molecule has 2 aliphatic rings. The number of carbonyl (C=O) groups is 6. The number of methoxy groups -OCH3 is 2. The van der Waals surface area contributed by atoms with Crippen molar-refractivity contribution in [3.05, 3.63) is 0 Å². The van der Waals surface area contributed by atoms with Crippen LogP contribution in [-0.2, 0) is 38.0 Å². The predicted molar refractivity (Wildman–Crippen MR) is 178 cm³/mol. The molecule has 49 heavy (non-hydrogen) atoms. The maximum atomic E-state index is 12.5. The summed E-state index contributed by atoms with van der Waals surface area (Å²) in [6.45, 7) is 23.4. The molecule has 2 heterocycles. The number of esters is 2. The third-order valence-electron chi connectivity index (χ3n) is 6.71. The molecule has 0 radical (unpaired) electrons. The summed E-state index contributed by atoms with van der Waals surface area (Å²) in [4.78, 5) is 79.2. The number of piperazine rings is 2. The fourth-order valence-corrected chi connectivity index (χ4v) is 4.64. The molecule has 4 amide bonds. The lowest BCUT2D eigenvalue weighted by Crippen LogP contribution is -2.67. The minimum absolute atomic E-state index is 0.000823. The van der Waals surface area contributed by atoms with Crippen LogP contribution in [0.25, 0.3) is 0 Å². The van der Waals surface area contributed by atoms with Gasteiger partial charge in [0.1, 0.15) is 22.4 Å². The first-order chi connectivity index (χ1) is 22.0. The molecule has 0 aromatic heterocycles. The van der Waals surface area contributed by atoms with Gasteiger partial charge in [-0.05, 0) is 90.0 Å². The van der Waals surface area contributed by atoms with Crippen molar-refractivity contribution in [2.75, 3.05) is 53.5 Å². The molecule has 0 saturated carbocycles. The lowest BCUT2D eigenvalue weighted by Gasteiger charge is -2.46. The van der Waals surface area contributed by atoms with Crippen LogP contribution >= 0.6 is 0 Å². The van der Waals surface area contributed by atoms with Gasteiger partial charge in [0.05, 0.1) is 27.3 Å². The van der Waals surface area contributed by atoms with E-state index in [-0.39, 0.29) is 39.3 Å². The van der Waals surface area contributed by atoms with E-state index >= 15 is 0 Å². The molecule has 0 aromatic rings. The van der Waals surface area contributed by atoms with Crippen LogP contribution in [0.4, 0.5) is 19.2 Å². The minimum Gasteiger partial charge on any atom is -0.467 e. The number of hydrogen-bond acceptors (Lipinski definition) is 12. The molecule has 2 unspecified atom stereocenters. The van der Waals surface area contributed by atoms with Gasteiger partial charge in [0.15, 0.2) is 11.6 Å². The Balaban J connectivity index is 0.000000490. The maximum absolute atomic E-state index is 12.5. The van der Waals surface area contributed by atoms with E-state index in [0.717, 1.165) is 0 Å². The summed E-state index contributed by atoms with van der Waals surface area (Å²) in [5, 5.41) is 0. The molecule has 2 fully saturated rings. The van der Waals surface area contributed by atoms with Crippen LogP contribution in [0.3, 0.4) is 0 Å². The van der Waals surface area contributed by atoms with Crippen molar-refractivity contribution in [1.29, 1.82) is 0 Å². The highest BCUT2D eigenvalue weighted by atomic mass is 16.6. The Bertz CT molecular complexity index is 1210. The van der Waals surface area contributed by atoms with Crippen LogP contribution in [0.15, 0.2) is 0 Å². The number of carbonyl (C=O) groups excluding carboxylic acids is 6. The highest BCUT2D eigenvalue weighted by molar-refractivity contribution is 5.87. The number of amides is 4. The van der Waals surface area contributed by atoms with Crippen molar-refractivity contribution in [3.8, 4) is 0 Å². The molecule has 0 aromatic carbocycles. The average Bonchev–Trinajstić information content (AvgIpc) is 2.92. The van der Waals surface area contributed by atoms with Gasteiger partial charge in [0, 0.05) is 26.2 Å². The Morgan fingerprint density at radius 2 is 0.959 bits per heavy atom. The van der Waals surface area contributed by atoms with E-state index in [4.69, 9.17) is 28.4 Å². The quantitative estimate of drug-likeness (QED) is 0.294. The molecule has 2 saturated heterocycles. The number of hydrogen-bond donors (Lipinski definition) is 0. The van der Waals surface area contributed by atoms with Crippen molar-refractivity contribution in [3.63, 3.8) is 0 Å². The first-order valence-corrected chi connectivity index (χ1v) is 16.2. The Kier molecular flexibility index (Phi) is 14.2. The summed E-state index contributed by atoms with van der Waals surface area (Å²) in [6.07, 6.45) is -2.29. The molecule has 282 valence electrons. The van der Waals surface area contributed by atoms with Crippen molar-refractivity contribution < 1.29 is 57.2 Å². The van der Waals surface area contributed by atoms with E-state index in [1.165, 1.54) is 33.8 Å². The van der Waals surface area contributed by atoms with Gasteiger partial charge in [0.2, 0.25) is 0 Å². The second kappa shape index (κ2) is 16.2. The molecule has 0 spiro atoms. The SMILES string of the molecule is COC(=O)C1(C)CN(C(=O)OC(C)(C)C)CCN1C(=O)OC(C)(C)C.COC(=O)C1CN(C(=O)OC(C)(C)C)CCN1C(=O)OC(C)(C)C. The molecule has 2 rings (SSSR count). The van der Waals surface area contributed by atoms with E-state index in [9.17, 15) is 28.8 Å². The number of nitrogens with zero attached hydrogens (tertiary/aromatic N) is 4. The van der Waals surface area contributed by atoms with Crippen LogP contribution in [0.2, 0.25) is 0 Å². The first-order valence-electron chi connectivity index (χ1n) is 16.2. The minimum atomic E-state index is -1.35. The first kappa shape index (κ1) is 43.0. The largest absolute Gasteiger partial charge is 0.467 e. The third-order valence-corrected chi connectivity index (χ3v) is 6.71. The fourth-order valence-electron chi connectivity index (χ4n) is 4.64. The lowest BCUT2D eigenvalue weighted by atomic mass is 9.97. The van der Waals surface area contributed by atoms with Gasteiger partial charge in [-0.1, -0.05) is 0 Å². The summed E-state index contributed by atoms with van der Waals surface area (Å²) in [7, 11) is 2.48. The topological polar surface area (TPSA) is 171 Å². The van der Waals surface area contributed by atoms with E-state index in [1.54, 1.807) is 90.0 Å². The van der Waals surface area contributed by atoms with Crippen LogP contribution < -0.4 is 0 Å². The maximum Gasteiger partial charge on any atom is 0.411 e. The molecule has 16 heteroatoms. The normalized spacial score (nSPS) is 20.3. The number of ether oxygens (including phenoxy) is 6. The van der Waals surface area contributed by atoms with Crippen molar-refractivity contribution >= 4 is 36.3 Å². The second-order valence-corrected chi connectivity index (χ2v) is 15.9. The van der Waals surface area contributed by atoms with E-state index in [2.05, 4.69) is 0 Å². The highest BCUT2D eigenvalue weighted by Crippen LogP contribution is 2.27. The summed E-state index contributed by atoms with van der Waals surface area (Å²) in [5.41, 5.74) is -4.02. The predicted octanol–water partition coefficient (Wildman–Crippen LogP) is 4.42. The molecule has 0 aliphatic carbocycles. The average molecular weight is 703 g/mol. The summed E-state index contributed by atoms with van der Waals surface area (Å²) < 4.78 is 31.0. The van der Waals surface area contributed by atoms with E-state index < -0.39 is 70.3 Å². The second-order valence-electron chi connectivity index (χ2n) is 15.9. The Morgan fingerprint density at radius 3 is 1.39 bits per heavy atom. The Labute approximate surface area is 290 Å². The highest BCUT2D eigenvalue weighted by Gasteiger charge is 2.50. The van der Waals surface area contributed by atoms with Gasteiger partial charge in [-0.25, -0.2) is 28.8 Å². The molecular weight excluding hydrogens is 644 g/mol. The zero-order valence-electron chi connectivity index (χ0n) is 32.0. The van der Waals surface area contributed by atoms with Crippen molar-refractivity contribution in [2.24, 2.45) is 0 Å². The van der Waals surface area contributed by atoms with Gasteiger partial charge in [-0.3, -0.25) is 9.80 Å². The van der Waals surface area contributed by atoms with Crippen LogP contribution in [0.1, 0.15) is 90.0 Å². The van der Waals surface area contributed by atoms with E-state index in [0.29, 0.717) is 0 Å². The summed E-state index contributed by atoms with van der Waals surface area (Å²) in [6, 6.07) is -0.925. The summed E-state index contributed by atoms with van der Waals surface area (Å²) in [5.74, 6) is -1.22. The van der Waals surface area contributed by atoms with Gasteiger partial charge in [-0.2, -0.15) is 0 Å². The zero-order valence-corrected chi connectivity index (χ0v) is 32.0. The van der Waals surface area contributed by atoms with Crippen LogP contribution in [0.5, 0.6) is 0 Å². The van der Waals surface area contributed by atoms with Crippen molar-refractivity contribution in [1.82, 2.24) is 19.6 Å². The third kappa shape index (κ3) is 13.8. The molecule has 0 N–H and O–H groups in total. The van der Waals surface area contributed by atoms with E-state index in [1.807, 2.05) is 0 Å². The Morgan fingerprint density at radius 1 is 0.551 bits per heavy atom. The number of rotatable bonds is 2. The molecule has 0 bridgehead atoms. The molecule has 2 atom stereocenters. The van der Waals surface area contributed by atoms with Crippen LogP contribution in [0, 0.1) is 0 Å². The fraction of sp³-hybridized carbons (Fsp3) is 0.818. The molecule has 16 nitrogen and oxygen atoms in total. The summed E-state index contributed by atoms with van der Waals surface area (Å²) >= 11 is 0. The van der Waals surface area contributed by atoms with Gasteiger partial charge in [-0.15, -0.1) is 0 Å². The van der Waals surface area contributed by atoms with Crippen molar-refractivity contribution in [2.45, 2.75) is 124 Å². The molecular formula is C33H58N4O12. The molecule has 2 aliphatic heterocycles. The standard InChI is InChI=1S/C17H30N2O6.C16H28N2O6/c1-15(2,3)24-13(21)18-9-10-19(14(22)25-16(4,5)6)17(7,11-18)12(20)23-8;1-15(2,3)23-13(20)17-8-9-18(11(10-17)12(19)22-7)14(21)24-16(4,5)6/h9-11H2,1-8H3;11H,8-10H2,1-7H3. The van der Waals surface area contributed by atoms with Gasteiger partial charge < -0.3 is 38.2 Å². The zero-order chi connectivity index (χ0) is 38.3. The smallest absolute Gasteiger partial charge is 0.411 e. The van der Waals surface area contributed by atoms with Gasteiger partial charge >= 0.3 is 36.3 Å².